The Morgan fingerprint density at radius 3 is 2.47 bits per heavy atom. The van der Waals surface area contributed by atoms with E-state index in [9.17, 15) is 5.26 Å². The Kier molecular flexibility index (Phi) is 6.50. The number of likely N-dealkylation sites (N-methyl/N-ethyl adjacent to an activating group) is 1. The molecular weight excluding hydrogens is 396 g/mol. The van der Waals surface area contributed by atoms with Crippen LogP contribution in [0.25, 0.3) is 5.70 Å². The molecule has 6 heteroatoms. The Labute approximate surface area is 191 Å². The molecule has 1 aromatic carbocycles. The van der Waals surface area contributed by atoms with Crippen molar-refractivity contribution in [3.8, 4) is 6.07 Å². The fourth-order valence-electron chi connectivity index (χ4n) is 4.85. The molecule has 0 bridgehead atoms. The van der Waals surface area contributed by atoms with Crippen molar-refractivity contribution in [3.05, 3.63) is 65.5 Å². The van der Waals surface area contributed by atoms with Gasteiger partial charge >= 0.3 is 0 Å². The molecule has 2 aliphatic heterocycles. The average Bonchev–Trinajstić information content (AvgIpc) is 2.78. The number of pyridine rings is 1. The van der Waals surface area contributed by atoms with Crippen LogP contribution in [0.3, 0.4) is 0 Å². The number of para-hydroxylation sites is 1. The summed E-state index contributed by atoms with van der Waals surface area (Å²) in [6.07, 6.45) is 3.75. The highest BCUT2D eigenvalue weighted by Crippen LogP contribution is 2.39. The number of likely N-dealkylation sites (tertiary alicyclic amines) is 1. The van der Waals surface area contributed by atoms with Gasteiger partial charge in [0.1, 0.15) is 12.2 Å². The van der Waals surface area contributed by atoms with Crippen molar-refractivity contribution < 1.29 is 0 Å². The first kappa shape index (κ1) is 22.3. The van der Waals surface area contributed by atoms with E-state index in [-0.39, 0.29) is 11.7 Å². The molecule has 1 aromatic heterocycles. The summed E-state index contributed by atoms with van der Waals surface area (Å²) < 4.78 is 0. The zero-order valence-corrected chi connectivity index (χ0v) is 19.6. The predicted octanol–water partition coefficient (Wildman–Crippen LogP) is 3.73. The van der Waals surface area contributed by atoms with E-state index in [0.29, 0.717) is 12.6 Å². The summed E-state index contributed by atoms with van der Waals surface area (Å²) >= 11 is 0. The van der Waals surface area contributed by atoms with Gasteiger partial charge in [0, 0.05) is 55.7 Å². The van der Waals surface area contributed by atoms with Crippen LogP contribution in [0.2, 0.25) is 0 Å². The zero-order chi connectivity index (χ0) is 22.7. The lowest BCUT2D eigenvalue weighted by molar-refractivity contribution is 0.236. The van der Waals surface area contributed by atoms with Crippen LogP contribution in [0.15, 0.2) is 54.2 Å². The number of piperidine rings is 1. The molecule has 0 saturated carbocycles. The van der Waals surface area contributed by atoms with Gasteiger partial charge in [-0.05, 0) is 51.8 Å². The molecule has 2 aromatic rings. The monoisotopic (exact) mass is 430 g/mol. The Morgan fingerprint density at radius 1 is 1.09 bits per heavy atom. The van der Waals surface area contributed by atoms with Crippen molar-refractivity contribution in [2.75, 3.05) is 25.0 Å². The number of aromatic nitrogens is 1. The second-order valence-electron chi connectivity index (χ2n) is 9.76. The first-order chi connectivity index (χ1) is 15.4. The van der Waals surface area contributed by atoms with Crippen LogP contribution >= 0.6 is 0 Å². The van der Waals surface area contributed by atoms with E-state index in [0.717, 1.165) is 54.1 Å². The lowest BCUT2D eigenvalue weighted by Crippen LogP contribution is -2.51. The second kappa shape index (κ2) is 9.32. The molecule has 0 spiro atoms. The Balaban J connectivity index is 1.62. The third-order valence-corrected chi connectivity index (χ3v) is 6.23. The maximum atomic E-state index is 10.3. The Morgan fingerprint density at radius 2 is 1.81 bits per heavy atom. The van der Waals surface area contributed by atoms with Gasteiger partial charge in [-0.3, -0.25) is 10.3 Å². The standard InChI is InChI=1S/C26H34N6/c1-26(2,3)30-19-12-15-32(16-13-19)24-21-10-5-6-11-23(21)31(4)25(22(24)17-27)29-18-20-9-7-8-14-28-20/h5-11,14,19,25,29-30H,12-13,15-16,18H2,1-4H3. The van der Waals surface area contributed by atoms with E-state index in [2.05, 4.69) is 83.6 Å². The van der Waals surface area contributed by atoms with Crippen molar-refractivity contribution in [1.82, 2.24) is 20.5 Å². The number of hydrogen-bond donors (Lipinski definition) is 2. The number of anilines is 1. The Hall–Kier alpha value is -2.88. The largest absolute Gasteiger partial charge is 0.370 e. The van der Waals surface area contributed by atoms with Gasteiger partial charge in [-0.25, -0.2) is 0 Å². The molecule has 1 fully saturated rings. The SMILES string of the molecule is CN1c2ccccc2C(N2CCC(NC(C)(C)C)CC2)=C(C#N)C1NCc1ccccn1. The minimum absolute atomic E-state index is 0.116. The Bertz CT molecular complexity index is 993. The van der Waals surface area contributed by atoms with Crippen molar-refractivity contribution >= 4 is 11.4 Å². The number of nitrogens with zero attached hydrogens (tertiary/aromatic N) is 4. The molecular formula is C26H34N6. The summed E-state index contributed by atoms with van der Waals surface area (Å²) in [5, 5.41) is 17.6. The first-order valence-electron chi connectivity index (χ1n) is 11.5. The molecule has 4 rings (SSSR count). The number of fused-ring (bicyclic) bond motifs is 1. The van der Waals surface area contributed by atoms with Crippen molar-refractivity contribution in [3.63, 3.8) is 0 Å². The maximum absolute atomic E-state index is 10.3. The fourth-order valence-corrected chi connectivity index (χ4v) is 4.85. The molecule has 1 unspecified atom stereocenters. The van der Waals surface area contributed by atoms with Crippen LogP contribution in [-0.4, -0.2) is 47.8 Å². The molecule has 168 valence electrons. The average molecular weight is 431 g/mol. The number of benzene rings is 1. The lowest BCUT2D eigenvalue weighted by atomic mass is 9.93. The zero-order valence-electron chi connectivity index (χ0n) is 19.6. The van der Waals surface area contributed by atoms with E-state index in [1.54, 1.807) is 6.20 Å². The molecule has 1 atom stereocenters. The highest BCUT2D eigenvalue weighted by Gasteiger charge is 2.35. The van der Waals surface area contributed by atoms with Crippen LogP contribution in [0, 0.1) is 11.3 Å². The first-order valence-corrected chi connectivity index (χ1v) is 11.5. The summed E-state index contributed by atoms with van der Waals surface area (Å²) in [4.78, 5) is 9.02. The van der Waals surface area contributed by atoms with Crippen LogP contribution in [-0.2, 0) is 6.54 Å². The van der Waals surface area contributed by atoms with Crippen LogP contribution in [0.5, 0.6) is 0 Å². The van der Waals surface area contributed by atoms with Gasteiger partial charge in [-0.2, -0.15) is 5.26 Å². The maximum Gasteiger partial charge on any atom is 0.118 e. The molecule has 3 heterocycles. The molecule has 1 saturated heterocycles. The molecule has 0 amide bonds. The van der Waals surface area contributed by atoms with Gasteiger partial charge < -0.3 is 15.1 Å². The molecule has 0 aliphatic carbocycles. The van der Waals surface area contributed by atoms with Gasteiger partial charge in [0.05, 0.1) is 17.0 Å². The van der Waals surface area contributed by atoms with Crippen molar-refractivity contribution in [2.24, 2.45) is 0 Å². The number of nitrogens with one attached hydrogen (secondary N) is 2. The summed E-state index contributed by atoms with van der Waals surface area (Å²) in [6.45, 7) is 9.16. The topological polar surface area (TPSA) is 67.2 Å². The number of hydrogen-bond acceptors (Lipinski definition) is 6. The van der Waals surface area contributed by atoms with E-state index >= 15 is 0 Å². The summed E-state index contributed by atoms with van der Waals surface area (Å²) in [5.41, 5.74) is 5.23. The highest BCUT2D eigenvalue weighted by molar-refractivity contribution is 5.84. The fraction of sp³-hybridized carbons (Fsp3) is 0.462. The third-order valence-electron chi connectivity index (χ3n) is 6.23. The smallest absolute Gasteiger partial charge is 0.118 e. The van der Waals surface area contributed by atoms with E-state index in [1.165, 1.54) is 0 Å². The predicted molar refractivity (Wildman–Crippen MR) is 130 cm³/mol. The van der Waals surface area contributed by atoms with Crippen LogP contribution < -0.4 is 15.5 Å². The number of nitriles is 1. The van der Waals surface area contributed by atoms with Gasteiger partial charge in [0.25, 0.3) is 0 Å². The van der Waals surface area contributed by atoms with Gasteiger partial charge in [0.15, 0.2) is 0 Å². The molecule has 6 nitrogen and oxygen atoms in total. The molecule has 2 N–H and O–H groups in total. The molecule has 2 aliphatic rings. The number of rotatable bonds is 5. The molecule has 32 heavy (non-hydrogen) atoms. The van der Waals surface area contributed by atoms with Crippen molar-refractivity contribution in [1.29, 1.82) is 5.26 Å². The van der Waals surface area contributed by atoms with Crippen LogP contribution in [0.4, 0.5) is 5.69 Å². The van der Waals surface area contributed by atoms with Gasteiger partial charge in [0.2, 0.25) is 0 Å². The quantitative estimate of drug-likeness (QED) is 0.753. The third kappa shape index (κ3) is 4.79. The lowest BCUT2D eigenvalue weighted by Gasteiger charge is -2.43. The van der Waals surface area contributed by atoms with E-state index in [4.69, 9.17) is 0 Å². The van der Waals surface area contributed by atoms with Crippen molar-refractivity contribution in [2.45, 2.75) is 57.9 Å². The summed E-state index contributed by atoms with van der Waals surface area (Å²) in [6, 6.07) is 17.4. The van der Waals surface area contributed by atoms with E-state index < -0.39 is 0 Å². The van der Waals surface area contributed by atoms with Gasteiger partial charge in [-0.1, -0.05) is 24.3 Å². The van der Waals surface area contributed by atoms with Gasteiger partial charge in [-0.15, -0.1) is 0 Å². The second-order valence-corrected chi connectivity index (χ2v) is 9.76. The normalized spacial score (nSPS) is 19.7. The summed E-state index contributed by atoms with van der Waals surface area (Å²) in [7, 11) is 2.06. The minimum atomic E-state index is -0.197. The summed E-state index contributed by atoms with van der Waals surface area (Å²) in [5.74, 6) is 0. The minimum Gasteiger partial charge on any atom is -0.370 e. The van der Waals surface area contributed by atoms with E-state index in [1.807, 2.05) is 18.2 Å². The molecule has 0 radical (unpaired) electrons. The highest BCUT2D eigenvalue weighted by atomic mass is 15.3. The van der Waals surface area contributed by atoms with Crippen LogP contribution in [0.1, 0.15) is 44.9 Å².